The summed E-state index contributed by atoms with van der Waals surface area (Å²) in [6.45, 7) is 1.68. The molecule has 1 heterocycles. The van der Waals surface area contributed by atoms with E-state index < -0.39 is 15.8 Å². The van der Waals surface area contributed by atoms with Crippen LogP contribution in [0.25, 0.3) is 11.5 Å². The monoisotopic (exact) mass is 372 g/mol. The van der Waals surface area contributed by atoms with Gasteiger partial charge in [0.2, 0.25) is 0 Å². The molecule has 0 radical (unpaired) electrons. The number of aromatic carboxylic acids is 1. The molecular weight excluding hydrogens is 360 g/mol. The average molecular weight is 372 g/mol. The van der Waals surface area contributed by atoms with Crippen LogP contribution in [-0.2, 0) is 0 Å². The standard InChI is InChI=1S/C9H7N3O3.C7H5NO4/c1-6-10-9(15-11-6)7-3-2-4-8(5-7)12(13)14;9-7(10)5-2-1-3-6(4-5)8(11)12/h2-5H,1H3;1-4H,(H,9,10). The van der Waals surface area contributed by atoms with Crippen molar-refractivity contribution in [3.8, 4) is 11.5 Å². The molecule has 0 aliphatic rings. The summed E-state index contributed by atoms with van der Waals surface area (Å²) >= 11 is 0. The van der Waals surface area contributed by atoms with Crippen LogP contribution >= 0.6 is 0 Å². The van der Waals surface area contributed by atoms with Gasteiger partial charge in [-0.15, -0.1) is 0 Å². The Balaban J connectivity index is 0.000000199. The summed E-state index contributed by atoms with van der Waals surface area (Å²) in [7, 11) is 0. The number of carboxylic acids is 1. The zero-order valence-corrected chi connectivity index (χ0v) is 13.8. The van der Waals surface area contributed by atoms with Gasteiger partial charge < -0.3 is 9.63 Å². The first-order chi connectivity index (χ1) is 12.8. The Kier molecular flexibility index (Phi) is 5.89. The van der Waals surface area contributed by atoms with Crippen molar-refractivity contribution in [3.63, 3.8) is 0 Å². The van der Waals surface area contributed by atoms with Crippen molar-refractivity contribution in [2.45, 2.75) is 6.92 Å². The molecule has 27 heavy (non-hydrogen) atoms. The number of carboxylic acid groups (broad SMARTS) is 1. The average Bonchev–Trinajstić information content (AvgIpc) is 3.09. The lowest BCUT2D eigenvalue weighted by molar-refractivity contribution is -0.385. The van der Waals surface area contributed by atoms with E-state index in [9.17, 15) is 25.0 Å². The SMILES string of the molecule is Cc1noc(-c2cccc([N+](=O)[O-])c2)n1.O=C(O)c1cccc([N+](=O)[O-])c1. The number of nitro benzene ring substituents is 2. The van der Waals surface area contributed by atoms with Crippen LogP contribution in [0.4, 0.5) is 11.4 Å². The van der Waals surface area contributed by atoms with Crippen molar-refractivity contribution < 1.29 is 24.3 Å². The number of aromatic nitrogens is 2. The molecule has 0 bridgehead atoms. The molecule has 3 aromatic rings. The van der Waals surface area contributed by atoms with E-state index in [2.05, 4.69) is 10.1 Å². The summed E-state index contributed by atoms with van der Waals surface area (Å²) in [5.74, 6) is -0.383. The molecule has 11 nitrogen and oxygen atoms in total. The van der Waals surface area contributed by atoms with Crippen LogP contribution in [0.5, 0.6) is 0 Å². The second-order valence-electron chi connectivity index (χ2n) is 5.07. The van der Waals surface area contributed by atoms with E-state index in [0.717, 1.165) is 6.07 Å². The lowest BCUT2D eigenvalue weighted by Gasteiger charge is -1.93. The van der Waals surface area contributed by atoms with Gasteiger partial charge in [0.1, 0.15) is 0 Å². The van der Waals surface area contributed by atoms with Gasteiger partial charge >= 0.3 is 5.97 Å². The molecule has 0 atom stereocenters. The Morgan fingerprint density at radius 1 is 1.04 bits per heavy atom. The van der Waals surface area contributed by atoms with Crippen molar-refractivity contribution >= 4 is 17.3 Å². The number of carbonyl (C=O) groups is 1. The minimum atomic E-state index is -1.17. The van der Waals surface area contributed by atoms with Gasteiger partial charge in [0.05, 0.1) is 15.4 Å². The fourth-order valence-electron chi connectivity index (χ4n) is 1.92. The summed E-state index contributed by atoms with van der Waals surface area (Å²) in [6.07, 6.45) is 0. The summed E-state index contributed by atoms with van der Waals surface area (Å²) < 4.78 is 4.90. The van der Waals surface area contributed by atoms with Gasteiger partial charge in [0.15, 0.2) is 5.82 Å². The second kappa shape index (κ2) is 8.29. The molecule has 11 heteroatoms. The van der Waals surface area contributed by atoms with Gasteiger partial charge in [-0.3, -0.25) is 20.2 Å². The van der Waals surface area contributed by atoms with Crippen LogP contribution < -0.4 is 0 Å². The largest absolute Gasteiger partial charge is 0.478 e. The number of non-ortho nitro benzene ring substituents is 2. The lowest BCUT2D eigenvalue weighted by atomic mass is 10.2. The van der Waals surface area contributed by atoms with Crippen molar-refractivity contribution in [2.24, 2.45) is 0 Å². The second-order valence-corrected chi connectivity index (χ2v) is 5.07. The minimum absolute atomic E-state index is 0.00310. The zero-order valence-electron chi connectivity index (χ0n) is 13.8. The fraction of sp³-hybridized carbons (Fsp3) is 0.0625. The minimum Gasteiger partial charge on any atom is -0.478 e. The lowest BCUT2D eigenvalue weighted by Crippen LogP contribution is -1.97. The van der Waals surface area contributed by atoms with Crippen LogP contribution in [-0.4, -0.2) is 31.1 Å². The Morgan fingerprint density at radius 3 is 2.15 bits per heavy atom. The topological polar surface area (TPSA) is 162 Å². The third kappa shape index (κ3) is 5.16. The molecule has 0 fully saturated rings. The van der Waals surface area contributed by atoms with Crippen molar-refractivity contribution in [1.82, 2.24) is 10.1 Å². The summed E-state index contributed by atoms with van der Waals surface area (Å²) in [5, 5.41) is 32.8. The van der Waals surface area contributed by atoms with Gasteiger partial charge in [-0.25, -0.2) is 4.79 Å². The predicted molar refractivity (Wildman–Crippen MR) is 91.2 cm³/mol. The Morgan fingerprint density at radius 2 is 1.63 bits per heavy atom. The van der Waals surface area contributed by atoms with Gasteiger partial charge in [0.25, 0.3) is 17.3 Å². The van der Waals surface area contributed by atoms with Crippen LogP contribution in [0.15, 0.2) is 53.1 Å². The number of hydrogen-bond donors (Lipinski definition) is 1. The van der Waals surface area contributed by atoms with Gasteiger partial charge in [-0.2, -0.15) is 4.98 Å². The highest BCUT2D eigenvalue weighted by Crippen LogP contribution is 2.21. The Labute approximate surface area is 151 Å². The third-order valence-corrected chi connectivity index (χ3v) is 3.14. The zero-order chi connectivity index (χ0) is 20.0. The first-order valence-electron chi connectivity index (χ1n) is 7.31. The van der Waals surface area contributed by atoms with Gasteiger partial charge in [0, 0.05) is 29.8 Å². The van der Waals surface area contributed by atoms with Gasteiger partial charge in [-0.1, -0.05) is 17.3 Å². The third-order valence-electron chi connectivity index (χ3n) is 3.14. The Bertz CT molecular complexity index is 970. The predicted octanol–water partition coefficient (Wildman–Crippen LogP) is 3.25. The van der Waals surface area contributed by atoms with E-state index in [1.54, 1.807) is 19.1 Å². The number of nitrogens with zero attached hydrogens (tertiary/aromatic N) is 4. The summed E-state index contributed by atoms with van der Waals surface area (Å²) in [6, 6.07) is 11.0. The van der Waals surface area contributed by atoms with Crippen molar-refractivity contribution in [3.05, 3.63) is 80.1 Å². The molecule has 138 valence electrons. The first-order valence-corrected chi connectivity index (χ1v) is 7.31. The molecule has 2 aromatic carbocycles. The highest BCUT2D eigenvalue weighted by atomic mass is 16.6. The van der Waals surface area contributed by atoms with E-state index in [0.29, 0.717) is 11.4 Å². The van der Waals surface area contributed by atoms with Crippen LogP contribution in [0.2, 0.25) is 0 Å². The van der Waals surface area contributed by atoms with Crippen LogP contribution in [0, 0.1) is 27.2 Å². The number of hydrogen-bond acceptors (Lipinski definition) is 8. The van der Waals surface area contributed by atoms with E-state index in [1.807, 2.05) is 0 Å². The molecule has 0 saturated carbocycles. The summed E-state index contributed by atoms with van der Waals surface area (Å²) in [5.41, 5.74) is 0.257. The highest BCUT2D eigenvalue weighted by Gasteiger charge is 2.11. The molecule has 0 aliphatic carbocycles. The van der Waals surface area contributed by atoms with E-state index in [-0.39, 0.29) is 22.8 Å². The molecule has 0 amide bonds. The van der Waals surface area contributed by atoms with Crippen molar-refractivity contribution in [2.75, 3.05) is 0 Å². The van der Waals surface area contributed by atoms with Crippen LogP contribution in [0.1, 0.15) is 16.2 Å². The molecular formula is C16H12N4O7. The van der Waals surface area contributed by atoms with E-state index in [1.165, 1.54) is 30.3 Å². The maximum Gasteiger partial charge on any atom is 0.335 e. The highest BCUT2D eigenvalue weighted by molar-refractivity contribution is 5.88. The fourth-order valence-corrected chi connectivity index (χ4v) is 1.92. The molecule has 0 spiro atoms. The maximum absolute atomic E-state index is 10.5. The number of nitro groups is 2. The molecule has 0 aliphatic heterocycles. The molecule has 0 unspecified atom stereocenters. The van der Waals surface area contributed by atoms with E-state index >= 15 is 0 Å². The quantitative estimate of drug-likeness (QED) is 0.534. The van der Waals surface area contributed by atoms with Crippen molar-refractivity contribution in [1.29, 1.82) is 0 Å². The Hall–Kier alpha value is -4.15. The normalized spacial score (nSPS) is 9.81. The summed E-state index contributed by atoms with van der Waals surface area (Å²) in [4.78, 5) is 34.0. The maximum atomic E-state index is 10.5. The number of benzene rings is 2. The van der Waals surface area contributed by atoms with Gasteiger partial charge in [-0.05, 0) is 19.1 Å². The smallest absolute Gasteiger partial charge is 0.335 e. The molecule has 1 N–H and O–H groups in total. The number of aryl methyl sites for hydroxylation is 1. The first kappa shape index (κ1) is 19.2. The molecule has 1 aromatic heterocycles. The van der Waals surface area contributed by atoms with E-state index in [4.69, 9.17) is 9.63 Å². The molecule has 3 rings (SSSR count). The number of rotatable bonds is 4. The molecule has 0 saturated heterocycles. The van der Waals surface area contributed by atoms with Crippen LogP contribution in [0.3, 0.4) is 0 Å².